The highest BCUT2D eigenvalue weighted by atomic mass is 16.5. The van der Waals surface area contributed by atoms with Crippen molar-refractivity contribution < 1.29 is 28.7 Å². The molecule has 2 aromatic carbocycles. The average molecular weight is 419 g/mol. The number of allylic oxidation sites excluding steroid dienone is 2. The minimum Gasteiger partial charge on any atom is -0.497 e. The van der Waals surface area contributed by atoms with Gasteiger partial charge in [-0.2, -0.15) is 0 Å². The van der Waals surface area contributed by atoms with Crippen LogP contribution in [0.5, 0.6) is 5.75 Å². The summed E-state index contributed by atoms with van der Waals surface area (Å²) in [5.41, 5.74) is 1.06. The Morgan fingerprint density at radius 3 is 1.97 bits per heavy atom. The van der Waals surface area contributed by atoms with E-state index in [4.69, 9.17) is 9.47 Å². The first kappa shape index (κ1) is 20.5. The molecule has 7 heteroatoms. The highest BCUT2D eigenvalue weighted by Crippen LogP contribution is 2.37. The Morgan fingerprint density at radius 1 is 0.871 bits per heavy atom. The van der Waals surface area contributed by atoms with Crippen molar-refractivity contribution in [3.05, 3.63) is 71.8 Å². The number of hydrogen-bond donors (Lipinski definition) is 0. The molecule has 0 saturated carbocycles. The first-order valence-corrected chi connectivity index (χ1v) is 9.97. The van der Waals surface area contributed by atoms with E-state index in [1.54, 1.807) is 36.4 Å². The van der Waals surface area contributed by atoms with Crippen LogP contribution in [0.1, 0.15) is 33.6 Å². The Balaban J connectivity index is 1.38. The molecular weight excluding hydrogens is 398 g/mol. The minimum atomic E-state index is -0.662. The maximum absolute atomic E-state index is 12.7. The molecule has 7 nitrogen and oxygen atoms in total. The highest BCUT2D eigenvalue weighted by molar-refractivity contribution is 6.22. The molecule has 1 aliphatic carbocycles. The predicted octanol–water partition coefficient (Wildman–Crippen LogP) is 3.19. The summed E-state index contributed by atoms with van der Waals surface area (Å²) in [7, 11) is 1.53. The fraction of sp³-hybridized carbons (Fsp3) is 0.250. The predicted molar refractivity (Wildman–Crippen MR) is 112 cm³/mol. The van der Waals surface area contributed by atoms with E-state index >= 15 is 0 Å². The van der Waals surface area contributed by atoms with E-state index in [1.807, 2.05) is 12.2 Å². The zero-order valence-corrected chi connectivity index (χ0v) is 16.9. The fourth-order valence-electron chi connectivity index (χ4n) is 3.88. The maximum atomic E-state index is 12.7. The molecule has 1 aliphatic heterocycles. The second-order valence-electron chi connectivity index (χ2n) is 7.44. The van der Waals surface area contributed by atoms with Crippen LogP contribution in [-0.4, -0.2) is 37.3 Å². The lowest BCUT2D eigenvalue weighted by Gasteiger charge is -2.15. The summed E-state index contributed by atoms with van der Waals surface area (Å²) in [6.07, 6.45) is 5.00. The van der Waals surface area contributed by atoms with Crippen LogP contribution in [0.4, 0.5) is 5.69 Å². The number of esters is 1. The summed E-state index contributed by atoms with van der Waals surface area (Å²) in [6.45, 7) is -0.396. The molecule has 4 rings (SSSR count). The Morgan fingerprint density at radius 2 is 1.42 bits per heavy atom. The van der Waals surface area contributed by atoms with Gasteiger partial charge in [0, 0.05) is 5.56 Å². The molecule has 2 amide bonds. The number of Topliss-reactive ketones (excluding diaryl/α,β-unsaturated/α-hetero) is 1. The molecule has 2 aliphatic rings. The molecule has 31 heavy (non-hydrogen) atoms. The summed E-state index contributed by atoms with van der Waals surface area (Å²) < 4.78 is 10.2. The molecular formula is C24H21NO6. The topological polar surface area (TPSA) is 90.0 Å². The van der Waals surface area contributed by atoms with Gasteiger partial charge in [0.2, 0.25) is 11.8 Å². The number of hydrogen-bond acceptors (Lipinski definition) is 6. The molecule has 1 saturated heterocycles. The van der Waals surface area contributed by atoms with Crippen LogP contribution in [0.15, 0.2) is 60.7 Å². The van der Waals surface area contributed by atoms with Gasteiger partial charge in [0.05, 0.1) is 30.2 Å². The Hall–Kier alpha value is -3.74. The van der Waals surface area contributed by atoms with E-state index in [2.05, 4.69) is 0 Å². The minimum absolute atomic E-state index is 0.209. The van der Waals surface area contributed by atoms with Gasteiger partial charge in [-0.1, -0.05) is 12.2 Å². The number of amides is 2. The highest BCUT2D eigenvalue weighted by Gasteiger charge is 2.47. The summed E-state index contributed by atoms with van der Waals surface area (Å²) in [5, 5.41) is 0. The molecule has 1 heterocycles. The first-order chi connectivity index (χ1) is 15.0. The van der Waals surface area contributed by atoms with Gasteiger partial charge in [-0.25, -0.2) is 4.79 Å². The summed E-state index contributed by atoms with van der Waals surface area (Å²) in [4.78, 5) is 51.0. The molecule has 2 aromatic rings. The van der Waals surface area contributed by atoms with Crippen LogP contribution in [0.3, 0.4) is 0 Å². The molecule has 0 radical (unpaired) electrons. The van der Waals surface area contributed by atoms with E-state index in [-0.39, 0.29) is 35.0 Å². The number of rotatable bonds is 6. The van der Waals surface area contributed by atoms with Crippen LogP contribution in [0.25, 0.3) is 0 Å². The fourth-order valence-corrected chi connectivity index (χ4v) is 3.88. The Kier molecular flexibility index (Phi) is 5.66. The molecule has 0 spiro atoms. The molecule has 2 unspecified atom stereocenters. The van der Waals surface area contributed by atoms with Crippen molar-refractivity contribution in [1.82, 2.24) is 0 Å². The number of anilines is 1. The number of carbonyl (C=O) groups is 4. The third-order valence-corrected chi connectivity index (χ3v) is 5.62. The van der Waals surface area contributed by atoms with Crippen LogP contribution >= 0.6 is 0 Å². The number of ether oxygens (including phenoxy) is 2. The van der Waals surface area contributed by atoms with Crippen molar-refractivity contribution >= 4 is 29.3 Å². The van der Waals surface area contributed by atoms with Crippen LogP contribution < -0.4 is 9.64 Å². The summed E-state index contributed by atoms with van der Waals surface area (Å²) in [5.74, 6) is -1.42. The van der Waals surface area contributed by atoms with E-state index in [9.17, 15) is 19.2 Å². The second kappa shape index (κ2) is 8.55. The number of benzene rings is 2. The number of imide groups is 1. The van der Waals surface area contributed by atoms with Crippen molar-refractivity contribution in [1.29, 1.82) is 0 Å². The number of fused-ring (bicyclic) bond motifs is 1. The largest absolute Gasteiger partial charge is 0.497 e. The van der Waals surface area contributed by atoms with Gasteiger partial charge in [0.1, 0.15) is 5.75 Å². The first-order valence-electron chi connectivity index (χ1n) is 9.97. The summed E-state index contributed by atoms with van der Waals surface area (Å²) in [6, 6.07) is 12.6. The average Bonchev–Trinajstić information content (AvgIpc) is 3.07. The third-order valence-electron chi connectivity index (χ3n) is 5.62. The van der Waals surface area contributed by atoms with Gasteiger partial charge in [-0.05, 0) is 61.4 Å². The number of methoxy groups -OCH3 is 1. The third kappa shape index (κ3) is 3.99. The van der Waals surface area contributed by atoms with Crippen molar-refractivity contribution in [3.63, 3.8) is 0 Å². The normalized spacial score (nSPS) is 19.8. The van der Waals surface area contributed by atoms with Gasteiger partial charge in [0.15, 0.2) is 12.4 Å². The molecule has 2 atom stereocenters. The monoisotopic (exact) mass is 419 g/mol. The van der Waals surface area contributed by atoms with Crippen molar-refractivity contribution in [2.75, 3.05) is 18.6 Å². The van der Waals surface area contributed by atoms with E-state index in [0.29, 0.717) is 29.8 Å². The number of ketones is 1. The van der Waals surface area contributed by atoms with Gasteiger partial charge in [-0.15, -0.1) is 0 Å². The van der Waals surface area contributed by atoms with Crippen LogP contribution in [0, 0.1) is 11.8 Å². The molecule has 0 bridgehead atoms. The maximum Gasteiger partial charge on any atom is 0.338 e. The number of carbonyl (C=O) groups excluding carboxylic acids is 4. The van der Waals surface area contributed by atoms with Gasteiger partial charge >= 0.3 is 5.97 Å². The van der Waals surface area contributed by atoms with Crippen molar-refractivity contribution in [2.45, 2.75) is 12.8 Å². The quantitative estimate of drug-likeness (QED) is 0.309. The Bertz CT molecular complexity index is 1030. The lowest BCUT2D eigenvalue weighted by molar-refractivity contribution is -0.122. The van der Waals surface area contributed by atoms with E-state index in [1.165, 1.54) is 24.1 Å². The smallest absolute Gasteiger partial charge is 0.338 e. The SMILES string of the molecule is COc1ccc(C(=O)COC(=O)c2ccc(N3C(=O)C4CC=CCC4C3=O)cc2)cc1. The zero-order valence-electron chi connectivity index (χ0n) is 16.9. The second-order valence-corrected chi connectivity index (χ2v) is 7.44. The van der Waals surface area contributed by atoms with Gasteiger partial charge < -0.3 is 9.47 Å². The molecule has 0 N–H and O–H groups in total. The van der Waals surface area contributed by atoms with Crippen molar-refractivity contribution in [2.24, 2.45) is 11.8 Å². The van der Waals surface area contributed by atoms with Gasteiger partial charge in [0.25, 0.3) is 0 Å². The van der Waals surface area contributed by atoms with Gasteiger partial charge in [-0.3, -0.25) is 19.3 Å². The van der Waals surface area contributed by atoms with Crippen molar-refractivity contribution in [3.8, 4) is 5.75 Å². The Labute approximate surface area is 179 Å². The molecule has 158 valence electrons. The lowest BCUT2D eigenvalue weighted by atomic mass is 9.85. The lowest BCUT2D eigenvalue weighted by Crippen LogP contribution is -2.30. The van der Waals surface area contributed by atoms with E-state index in [0.717, 1.165) is 0 Å². The molecule has 0 aromatic heterocycles. The number of nitrogens with zero attached hydrogens (tertiary/aromatic N) is 1. The summed E-state index contributed by atoms with van der Waals surface area (Å²) >= 11 is 0. The van der Waals surface area contributed by atoms with E-state index < -0.39 is 12.6 Å². The molecule has 1 fully saturated rings. The van der Waals surface area contributed by atoms with Crippen LogP contribution in [-0.2, 0) is 14.3 Å². The standard InChI is InChI=1S/C24H21NO6/c1-30-18-12-8-15(9-13-18)21(26)14-31-24(29)16-6-10-17(11-7-16)25-22(27)19-4-2-3-5-20(19)23(25)28/h2-3,6-13,19-20H,4-5,14H2,1H3. The zero-order chi connectivity index (χ0) is 22.0. The van der Waals surface area contributed by atoms with Crippen LogP contribution in [0.2, 0.25) is 0 Å².